The minimum Gasteiger partial charge on any atom is -0.383 e. The Hall–Kier alpha value is -2.96. The molecule has 0 saturated heterocycles. The number of pyridine rings is 2. The molecule has 0 bridgehead atoms. The van der Waals surface area contributed by atoms with Crippen molar-refractivity contribution >= 4 is 22.5 Å². The molecule has 3 aromatic heterocycles. The average Bonchev–Trinajstić information content (AvgIpc) is 2.39. The number of fused-ring (bicyclic) bond motifs is 1. The molecule has 0 atom stereocenters. The minimum atomic E-state index is -0.261. The second-order valence-electron chi connectivity index (χ2n) is 3.99. The summed E-state index contributed by atoms with van der Waals surface area (Å²) in [5, 5.41) is 1.09. The number of rotatable bonds is 1. The lowest BCUT2D eigenvalue weighted by Gasteiger charge is -2.05. The summed E-state index contributed by atoms with van der Waals surface area (Å²) in [7, 11) is 0. The molecule has 3 aromatic rings. The highest BCUT2D eigenvalue weighted by Gasteiger charge is 2.08. The molecule has 19 heavy (non-hydrogen) atoms. The molecule has 0 amide bonds. The van der Waals surface area contributed by atoms with E-state index in [4.69, 9.17) is 11.5 Å². The predicted octanol–water partition coefficient (Wildman–Crippen LogP) is 0.544. The zero-order chi connectivity index (χ0) is 13.4. The van der Waals surface area contributed by atoms with Gasteiger partial charge in [-0.3, -0.25) is 4.79 Å². The van der Waals surface area contributed by atoms with Crippen molar-refractivity contribution in [1.82, 2.24) is 19.9 Å². The van der Waals surface area contributed by atoms with Crippen molar-refractivity contribution in [2.45, 2.75) is 0 Å². The number of hydrogen-bond acceptors (Lipinski definition) is 6. The second-order valence-corrected chi connectivity index (χ2v) is 3.99. The Morgan fingerprint density at radius 3 is 2.63 bits per heavy atom. The lowest BCUT2D eigenvalue weighted by molar-refractivity contribution is 1.18. The molecule has 0 radical (unpaired) electrons. The van der Waals surface area contributed by atoms with E-state index < -0.39 is 0 Å². The molecule has 3 rings (SSSR count). The number of H-pyrrole nitrogens is 1. The van der Waals surface area contributed by atoms with Gasteiger partial charge in [-0.15, -0.1) is 0 Å². The number of nitrogens with two attached hydrogens (primary N) is 2. The van der Waals surface area contributed by atoms with E-state index in [1.165, 1.54) is 0 Å². The van der Waals surface area contributed by atoms with Gasteiger partial charge in [0.1, 0.15) is 5.82 Å². The van der Waals surface area contributed by atoms with E-state index in [0.29, 0.717) is 22.0 Å². The zero-order valence-electron chi connectivity index (χ0n) is 9.79. The van der Waals surface area contributed by atoms with Gasteiger partial charge in [-0.25, -0.2) is 15.0 Å². The smallest absolute Gasteiger partial charge is 0.259 e. The summed E-state index contributed by atoms with van der Waals surface area (Å²) in [6.45, 7) is 0. The third kappa shape index (κ3) is 1.86. The van der Waals surface area contributed by atoms with Crippen LogP contribution in [0.4, 0.5) is 11.8 Å². The largest absolute Gasteiger partial charge is 0.383 e. The van der Waals surface area contributed by atoms with E-state index in [-0.39, 0.29) is 17.3 Å². The van der Waals surface area contributed by atoms with Gasteiger partial charge in [-0.1, -0.05) is 0 Å². The maximum Gasteiger partial charge on any atom is 0.259 e. The Morgan fingerprint density at radius 2 is 1.89 bits per heavy atom. The van der Waals surface area contributed by atoms with Crippen LogP contribution >= 0.6 is 0 Å². The molecule has 3 heterocycles. The molecule has 0 unspecified atom stereocenters. The van der Waals surface area contributed by atoms with Crippen molar-refractivity contribution in [3.8, 4) is 11.3 Å². The van der Waals surface area contributed by atoms with E-state index in [2.05, 4.69) is 19.9 Å². The van der Waals surface area contributed by atoms with Gasteiger partial charge in [-0.2, -0.15) is 0 Å². The number of aromatic amines is 1. The summed E-state index contributed by atoms with van der Waals surface area (Å²) in [5.41, 5.74) is 12.3. The Balaban J connectivity index is 2.27. The Kier molecular flexibility index (Phi) is 2.38. The molecule has 7 heteroatoms. The number of hydrogen-bond donors (Lipinski definition) is 3. The van der Waals surface area contributed by atoms with E-state index in [0.717, 1.165) is 0 Å². The zero-order valence-corrected chi connectivity index (χ0v) is 9.79. The van der Waals surface area contributed by atoms with Gasteiger partial charge in [0.2, 0.25) is 5.95 Å². The standard InChI is InChI=1S/C12H10N6O/c13-10-9-6(1-2-15-11(9)19)3-8(18-10)7-4-16-12(14)17-5-7/h1-5H,(H2,13,18)(H,15,19)(H2,14,16,17). The third-order valence-corrected chi connectivity index (χ3v) is 2.75. The SMILES string of the molecule is Nc1ncc(-c2cc3cc[nH]c(=O)c3c(N)n2)cn1. The molecular formula is C12H10N6O. The van der Waals surface area contributed by atoms with E-state index >= 15 is 0 Å². The third-order valence-electron chi connectivity index (χ3n) is 2.75. The van der Waals surface area contributed by atoms with Crippen LogP contribution in [0.25, 0.3) is 22.0 Å². The summed E-state index contributed by atoms with van der Waals surface area (Å²) in [5.74, 6) is 0.361. The Morgan fingerprint density at radius 1 is 1.16 bits per heavy atom. The first-order valence-electron chi connectivity index (χ1n) is 5.51. The van der Waals surface area contributed by atoms with Crippen molar-refractivity contribution in [2.24, 2.45) is 0 Å². The van der Waals surface area contributed by atoms with Crippen LogP contribution in [-0.2, 0) is 0 Å². The van der Waals surface area contributed by atoms with Crippen LogP contribution in [0.5, 0.6) is 0 Å². The van der Waals surface area contributed by atoms with Crippen LogP contribution in [0, 0.1) is 0 Å². The topological polar surface area (TPSA) is 124 Å². The first-order valence-corrected chi connectivity index (χ1v) is 5.51. The lowest BCUT2D eigenvalue weighted by atomic mass is 10.1. The van der Waals surface area contributed by atoms with Crippen LogP contribution in [0.1, 0.15) is 0 Å². The molecule has 7 nitrogen and oxygen atoms in total. The van der Waals surface area contributed by atoms with Crippen molar-refractivity contribution in [1.29, 1.82) is 0 Å². The summed E-state index contributed by atoms with van der Waals surface area (Å²) in [6, 6.07) is 3.52. The summed E-state index contributed by atoms with van der Waals surface area (Å²) >= 11 is 0. The van der Waals surface area contributed by atoms with Gasteiger partial charge >= 0.3 is 0 Å². The fraction of sp³-hybridized carbons (Fsp3) is 0. The molecular weight excluding hydrogens is 244 g/mol. The van der Waals surface area contributed by atoms with E-state index in [9.17, 15) is 4.79 Å². The minimum absolute atomic E-state index is 0.172. The lowest BCUT2D eigenvalue weighted by Crippen LogP contribution is -2.09. The molecule has 0 saturated carbocycles. The highest BCUT2D eigenvalue weighted by molar-refractivity contribution is 5.92. The molecule has 0 fully saturated rings. The molecule has 0 aromatic carbocycles. The van der Waals surface area contributed by atoms with Gasteiger partial charge in [0.25, 0.3) is 5.56 Å². The van der Waals surface area contributed by atoms with Crippen molar-refractivity contribution in [2.75, 3.05) is 11.5 Å². The maximum absolute atomic E-state index is 11.7. The molecule has 0 spiro atoms. The average molecular weight is 254 g/mol. The molecule has 0 aliphatic heterocycles. The Bertz CT molecular complexity index is 809. The van der Waals surface area contributed by atoms with E-state index in [1.54, 1.807) is 30.7 Å². The first-order chi connectivity index (χ1) is 9.15. The maximum atomic E-state index is 11.7. The molecule has 0 aliphatic carbocycles. The highest BCUT2D eigenvalue weighted by atomic mass is 16.1. The molecule has 5 N–H and O–H groups in total. The summed E-state index contributed by atoms with van der Waals surface area (Å²) in [6.07, 6.45) is 4.68. The molecule has 94 valence electrons. The van der Waals surface area contributed by atoms with Gasteiger partial charge in [-0.05, 0) is 17.5 Å². The Labute approximate surface area is 107 Å². The predicted molar refractivity (Wildman–Crippen MR) is 72.2 cm³/mol. The quantitative estimate of drug-likeness (QED) is 0.582. The summed E-state index contributed by atoms with van der Waals surface area (Å²) < 4.78 is 0. The second kappa shape index (κ2) is 4.05. The number of nitrogens with zero attached hydrogens (tertiary/aromatic N) is 3. The van der Waals surface area contributed by atoms with Crippen molar-refractivity contribution < 1.29 is 0 Å². The van der Waals surface area contributed by atoms with Gasteiger partial charge in [0.15, 0.2) is 0 Å². The molecule has 0 aliphatic rings. The normalized spacial score (nSPS) is 10.7. The van der Waals surface area contributed by atoms with Crippen LogP contribution in [0.15, 0.2) is 35.5 Å². The first kappa shape index (κ1) is 11.1. The van der Waals surface area contributed by atoms with E-state index in [1.807, 2.05) is 0 Å². The van der Waals surface area contributed by atoms with Gasteiger partial charge < -0.3 is 16.5 Å². The highest BCUT2D eigenvalue weighted by Crippen LogP contribution is 2.23. The van der Waals surface area contributed by atoms with Crippen LogP contribution in [0.2, 0.25) is 0 Å². The van der Waals surface area contributed by atoms with Crippen LogP contribution in [-0.4, -0.2) is 19.9 Å². The van der Waals surface area contributed by atoms with Crippen molar-refractivity contribution in [3.05, 3.63) is 41.1 Å². The number of aromatic nitrogens is 4. The van der Waals surface area contributed by atoms with Crippen LogP contribution in [0.3, 0.4) is 0 Å². The number of nitrogen functional groups attached to an aromatic ring is 2. The van der Waals surface area contributed by atoms with Gasteiger partial charge in [0, 0.05) is 24.2 Å². The monoisotopic (exact) mass is 254 g/mol. The van der Waals surface area contributed by atoms with Crippen molar-refractivity contribution in [3.63, 3.8) is 0 Å². The fourth-order valence-corrected chi connectivity index (χ4v) is 1.86. The summed E-state index contributed by atoms with van der Waals surface area (Å²) in [4.78, 5) is 26.2. The number of anilines is 2. The number of nitrogens with one attached hydrogen (secondary N) is 1. The fourth-order valence-electron chi connectivity index (χ4n) is 1.86. The van der Waals surface area contributed by atoms with Gasteiger partial charge in [0.05, 0.1) is 11.1 Å². The van der Waals surface area contributed by atoms with Crippen LogP contribution < -0.4 is 17.0 Å².